The van der Waals surface area contributed by atoms with Crippen molar-refractivity contribution in [2.45, 2.75) is 13.3 Å². The van der Waals surface area contributed by atoms with E-state index in [9.17, 15) is 4.79 Å². The van der Waals surface area contributed by atoms with Crippen molar-refractivity contribution in [2.75, 3.05) is 19.1 Å². The lowest BCUT2D eigenvalue weighted by Crippen LogP contribution is -2.26. The molecule has 1 amide bonds. The van der Waals surface area contributed by atoms with Gasteiger partial charge in [0.2, 0.25) is 0 Å². The van der Waals surface area contributed by atoms with Gasteiger partial charge in [0.15, 0.2) is 0 Å². The molecule has 0 saturated carbocycles. The van der Waals surface area contributed by atoms with Gasteiger partial charge in [0.25, 0.3) is 5.91 Å². The molecule has 0 spiro atoms. The molecule has 2 aromatic rings. The molecular formula is C17H18BrNO2. The number of carbonyl (C=O) groups excluding carboxylic acids is 1. The topological polar surface area (TPSA) is 29.5 Å². The Hall–Kier alpha value is -1.81. The van der Waals surface area contributed by atoms with Gasteiger partial charge >= 0.3 is 0 Å². The molecule has 0 aromatic heterocycles. The third kappa shape index (κ3) is 3.45. The SMILES string of the molecule is CCc1ccc(N(C)C(=O)c2cc(OC)ccc2Br)cc1. The van der Waals surface area contributed by atoms with Crippen molar-refractivity contribution in [1.82, 2.24) is 0 Å². The lowest BCUT2D eigenvalue weighted by atomic mass is 10.1. The van der Waals surface area contributed by atoms with E-state index in [2.05, 4.69) is 22.9 Å². The summed E-state index contributed by atoms with van der Waals surface area (Å²) in [5, 5.41) is 0. The summed E-state index contributed by atoms with van der Waals surface area (Å²) < 4.78 is 5.94. The molecule has 110 valence electrons. The van der Waals surface area contributed by atoms with Gasteiger partial charge in [-0.1, -0.05) is 19.1 Å². The Bertz CT molecular complexity index is 638. The fourth-order valence-electron chi connectivity index (χ4n) is 2.05. The van der Waals surface area contributed by atoms with Gasteiger partial charge in [-0.15, -0.1) is 0 Å². The summed E-state index contributed by atoms with van der Waals surface area (Å²) in [4.78, 5) is 14.3. The van der Waals surface area contributed by atoms with E-state index < -0.39 is 0 Å². The van der Waals surface area contributed by atoms with Crippen molar-refractivity contribution in [3.63, 3.8) is 0 Å². The van der Waals surface area contributed by atoms with Gasteiger partial charge in [0.05, 0.1) is 12.7 Å². The molecule has 3 nitrogen and oxygen atoms in total. The molecule has 0 atom stereocenters. The molecule has 0 aliphatic rings. The first-order valence-electron chi connectivity index (χ1n) is 6.77. The second-order valence-electron chi connectivity index (χ2n) is 4.73. The largest absolute Gasteiger partial charge is 0.497 e. The van der Waals surface area contributed by atoms with Gasteiger partial charge in [-0.25, -0.2) is 0 Å². The van der Waals surface area contributed by atoms with Crippen LogP contribution in [-0.4, -0.2) is 20.1 Å². The van der Waals surface area contributed by atoms with Crippen LogP contribution in [0, 0.1) is 0 Å². The fourth-order valence-corrected chi connectivity index (χ4v) is 2.46. The van der Waals surface area contributed by atoms with Crippen molar-refractivity contribution >= 4 is 27.5 Å². The second-order valence-corrected chi connectivity index (χ2v) is 5.58. The average Bonchev–Trinajstić information content (AvgIpc) is 2.54. The van der Waals surface area contributed by atoms with Crippen molar-refractivity contribution in [3.05, 3.63) is 58.1 Å². The molecule has 0 unspecified atom stereocenters. The average molecular weight is 348 g/mol. The number of anilines is 1. The minimum absolute atomic E-state index is 0.0787. The molecule has 0 saturated heterocycles. The van der Waals surface area contributed by atoms with E-state index in [4.69, 9.17) is 4.74 Å². The maximum Gasteiger partial charge on any atom is 0.259 e. The number of nitrogens with zero attached hydrogens (tertiary/aromatic N) is 1. The van der Waals surface area contributed by atoms with Gasteiger partial charge in [-0.05, 0) is 58.2 Å². The van der Waals surface area contributed by atoms with Crippen molar-refractivity contribution in [2.24, 2.45) is 0 Å². The zero-order valence-electron chi connectivity index (χ0n) is 12.4. The van der Waals surface area contributed by atoms with Crippen LogP contribution in [0.5, 0.6) is 5.75 Å². The van der Waals surface area contributed by atoms with Crippen LogP contribution >= 0.6 is 15.9 Å². The number of benzene rings is 2. The van der Waals surface area contributed by atoms with E-state index in [-0.39, 0.29) is 5.91 Å². The summed E-state index contributed by atoms with van der Waals surface area (Å²) in [6, 6.07) is 13.4. The molecule has 2 rings (SSSR count). The molecule has 0 N–H and O–H groups in total. The Morgan fingerprint density at radius 2 is 1.86 bits per heavy atom. The van der Waals surface area contributed by atoms with Gasteiger partial charge in [0.1, 0.15) is 5.75 Å². The zero-order valence-corrected chi connectivity index (χ0v) is 14.0. The van der Waals surface area contributed by atoms with E-state index >= 15 is 0 Å². The van der Waals surface area contributed by atoms with Crippen LogP contribution in [0.1, 0.15) is 22.8 Å². The summed E-state index contributed by atoms with van der Waals surface area (Å²) in [6.07, 6.45) is 0.985. The third-order valence-electron chi connectivity index (χ3n) is 3.44. The van der Waals surface area contributed by atoms with Crippen molar-refractivity contribution in [1.29, 1.82) is 0 Å². The molecule has 0 fully saturated rings. The molecule has 0 bridgehead atoms. The molecule has 0 aliphatic heterocycles. The number of hydrogen-bond acceptors (Lipinski definition) is 2. The quantitative estimate of drug-likeness (QED) is 0.825. The maximum atomic E-state index is 12.6. The Morgan fingerprint density at radius 3 is 2.43 bits per heavy atom. The van der Waals surface area contributed by atoms with E-state index in [1.54, 1.807) is 25.1 Å². The lowest BCUT2D eigenvalue weighted by molar-refractivity contribution is 0.0992. The predicted octanol–water partition coefficient (Wildman–Crippen LogP) is 4.30. The first-order chi connectivity index (χ1) is 10.1. The molecule has 0 radical (unpaired) electrons. The fraction of sp³-hybridized carbons (Fsp3) is 0.235. The lowest BCUT2D eigenvalue weighted by Gasteiger charge is -2.19. The van der Waals surface area contributed by atoms with Gasteiger partial charge in [-0.3, -0.25) is 4.79 Å². The molecular weight excluding hydrogens is 330 g/mol. The van der Waals surface area contributed by atoms with E-state index in [1.165, 1.54) is 5.56 Å². The molecule has 0 aliphatic carbocycles. The Kier molecular flexibility index (Phi) is 5.02. The van der Waals surface area contributed by atoms with E-state index in [0.717, 1.165) is 16.6 Å². The number of methoxy groups -OCH3 is 1. The Morgan fingerprint density at radius 1 is 1.19 bits per heavy atom. The number of amides is 1. The molecule has 0 heterocycles. The van der Waals surface area contributed by atoms with Crippen molar-refractivity contribution < 1.29 is 9.53 Å². The van der Waals surface area contributed by atoms with Gasteiger partial charge in [0, 0.05) is 17.2 Å². The third-order valence-corrected chi connectivity index (χ3v) is 4.13. The van der Waals surface area contributed by atoms with Crippen LogP contribution in [-0.2, 0) is 6.42 Å². The molecule has 2 aromatic carbocycles. The number of halogens is 1. The minimum atomic E-state index is -0.0787. The monoisotopic (exact) mass is 347 g/mol. The zero-order chi connectivity index (χ0) is 15.4. The highest BCUT2D eigenvalue weighted by Gasteiger charge is 2.17. The second kappa shape index (κ2) is 6.76. The van der Waals surface area contributed by atoms with Crippen molar-refractivity contribution in [3.8, 4) is 5.75 Å². The minimum Gasteiger partial charge on any atom is -0.497 e. The van der Waals surface area contributed by atoms with Gasteiger partial charge in [-0.2, -0.15) is 0 Å². The summed E-state index contributed by atoms with van der Waals surface area (Å²) in [6.45, 7) is 2.11. The van der Waals surface area contributed by atoms with Crippen LogP contribution in [0.4, 0.5) is 5.69 Å². The van der Waals surface area contributed by atoms with Crippen LogP contribution in [0.15, 0.2) is 46.9 Å². The van der Waals surface area contributed by atoms with Crippen LogP contribution in [0.25, 0.3) is 0 Å². The number of rotatable bonds is 4. The highest BCUT2D eigenvalue weighted by Crippen LogP contribution is 2.25. The first-order valence-corrected chi connectivity index (χ1v) is 7.56. The van der Waals surface area contributed by atoms with Crippen LogP contribution < -0.4 is 9.64 Å². The summed E-state index contributed by atoms with van der Waals surface area (Å²) in [5.41, 5.74) is 2.70. The normalized spacial score (nSPS) is 10.3. The molecule has 21 heavy (non-hydrogen) atoms. The summed E-state index contributed by atoms with van der Waals surface area (Å²) in [7, 11) is 3.36. The van der Waals surface area contributed by atoms with Crippen LogP contribution in [0.3, 0.4) is 0 Å². The highest BCUT2D eigenvalue weighted by molar-refractivity contribution is 9.10. The first kappa shape index (κ1) is 15.6. The van der Waals surface area contributed by atoms with E-state index in [1.807, 2.05) is 36.4 Å². The number of carbonyl (C=O) groups is 1. The number of ether oxygens (including phenoxy) is 1. The smallest absolute Gasteiger partial charge is 0.259 e. The molecule has 4 heteroatoms. The Balaban J connectivity index is 2.29. The van der Waals surface area contributed by atoms with Gasteiger partial charge < -0.3 is 9.64 Å². The Labute approximate surface area is 133 Å². The number of aryl methyl sites for hydroxylation is 1. The predicted molar refractivity (Wildman–Crippen MR) is 89.2 cm³/mol. The van der Waals surface area contributed by atoms with E-state index in [0.29, 0.717) is 11.3 Å². The maximum absolute atomic E-state index is 12.6. The standard InChI is InChI=1S/C17H18BrNO2/c1-4-12-5-7-13(8-6-12)19(2)17(20)15-11-14(21-3)9-10-16(15)18/h5-11H,4H2,1-3H3. The number of hydrogen-bond donors (Lipinski definition) is 0. The highest BCUT2D eigenvalue weighted by atomic mass is 79.9. The van der Waals surface area contributed by atoms with Crippen LogP contribution in [0.2, 0.25) is 0 Å². The summed E-state index contributed by atoms with van der Waals surface area (Å²) >= 11 is 3.42. The summed E-state index contributed by atoms with van der Waals surface area (Å²) in [5.74, 6) is 0.585.